The first kappa shape index (κ1) is 14.1. The molecular weight excluding hydrogens is 274 g/mol. The van der Waals surface area contributed by atoms with E-state index in [0.29, 0.717) is 6.54 Å². The zero-order valence-corrected chi connectivity index (χ0v) is 12.3. The first-order valence-electron chi connectivity index (χ1n) is 7.16. The van der Waals surface area contributed by atoms with Gasteiger partial charge < -0.3 is 10.6 Å². The second-order valence-electron chi connectivity index (χ2n) is 5.11. The number of hydrogen-bond donors (Lipinski definition) is 2. The lowest BCUT2D eigenvalue weighted by Gasteiger charge is -2.10. The summed E-state index contributed by atoms with van der Waals surface area (Å²) in [5, 5.41) is 7.29. The zero-order valence-electron chi connectivity index (χ0n) is 12.3. The molecule has 3 aromatic rings. The maximum Gasteiger partial charge on any atom is 0.221 e. The Hall–Kier alpha value is -2.88. The number of fused-ring (bicyclic) bond motifs is 1. The molecule has 22 heavy (non-hydrogen) atoms. The van der Waals surface area contributed by atoms with Crippen LogP contribution in [0.1, 0.15) is 12.5 Å². The van der Waals surface area contributed by atoms with Crippen LogP contribution in [0.15, 0.2) is 60.8 Å². The summed E-state index contributed by atoms with van der Waals surface area (Å²) in [6.07, 6.45) is 1.81. The fraction of sp³-hybridized carbons (Fsp3) is 0.111. The van der Waals surface area contributed by atoms with Gasteiger partial charge in [-0.3, -0.25) is 9.78 Å². The van der Waals surface area contributed by atoms with Crippen LogP contribution in [-0.2, 0) is 11.3 Å². The van der Waals surface area contributed by atoms with E-state index in [4.69, 9.17) is 0 Å². The normalized spacial score (nSPS) is 10.4. The van der Waals surface area contributed by atoms with E-state index in [9.17, 15) is 4.79 Å². The molecule has 0 saturated heterocycles. The van der Waals surface area contributed by atoms with Gasteiger partial charge in [0.15, 0.2) is 0 Å². The van der Waals surface area contributed by atoms with Gasteiger partial charge in [-0.05, 0) is 29.8 Å². The van der Waals surface area contributed by atoms with Gasteiger partial charge in [0.1, 0.15) is 0 Å². The number of pyridine rings is 1. The highest BCUT2D eigenvalue weighted by Gasteiger charge is 2.02. The quantitative estimate of drug-likeness (QED) is 0.768. The van der Waals surface area contributed by atoms with Gasteiger partial charge in [-0.1, -0.05) is 30.3 Å². The second-order valence-corrected chi connectivity index (χ2v) is 5.11. The van der Waals surface area contributed by atoms with Gasteiger partial charge in [-0.2, -0.15) is 0 Å². The minimum atomic E-state index is -0.0737. The number of rotatable bonds is 4. The Balaban J connectivity index is 1.78. The number of nitrogens with one attached hydrogen (secondary N) is 2. The fourth-order valence-electron chi connectivity index (χ4n) is 2.42. The first-order valence-corrected chi connectivity index (χ1v) is 7.16. The smallest absolute Gasteiger partial charge is 0.221 e. The Labute approximate surface area is 129 Å². The summed E-state index contributed by atoms with van der Waals surface area (Å²) >= 11 is 0. The van der Waals surface area contributed by atoms with Crippen LogP contribution in [0.25, 0.3) is 10.9 Å². The Morgan fingerprint density at radius 2 is 1.82 bits per heavy atom. The third kappa shape index (κ3) is 3.23. The van der Waals surface area contributed by atoms with Gasteiger partial charge in [0.25, 0.3) is 0 Å². The molecule has 1 heterocycles. The molecule has 0 spiro atoms. The van der Waals surface area contributed by atoms with Crippen molar-refractivity contribution < 1.29 is 4.79 Å². The molecule has 0 unspecified atom stereocenters. The minimum absolute atomic E-state index is 0.0737. The molecule has 1 amide bonds. The lowest BCUT2D eigenvalue weighted by atomic mass is 10.1. The SMILES string of the molecule is CC(=O)Nc1cccc(NCc2cccc3cccnc23)c1. The molecule has 0 saturated carbocycles. The number of nitrogens with zero attached hydrogens (tertiary/aromatic N) is 1. The van der Waals surface area contributed by atoms with Gasteiger partial charge in [0.2, 0.25) is 5.91 Å². The summed E-state index contributed by atoms with van der Waals surface area (Å²) in [6, 6.07) is 17.8. The molecule has 2 N–H and O–H groups in total. The lowest BCUT2D eigenvalue weighted by Crippen LogP contribution is -2.06. The van der Waals surface area contributed by atoms with Gasteiger partial charge in [0, 0.05) is 36.4 Å². The molecule has 0 aliphatic heterocycles. The predicted octanol–water partition coefficient (Wildman–Crippen LogP) is 3.81. The molecule has 1 aromatic heterocycles. The number of benzene rings is 2. The maximum absolute atomic E-state index is 11.1. The van der Waals surface area contributed by atoms with Gasteiger partial charge >= 0.3 is 0 Å². The Morgan fingerprint density at radius 1 is 1.05 bits per heavy atom. The topological polar surface area (TPSA) is 54.0 Å². The van der Waals surface area contributed by atoms with Crippen molar-refractivity contribution in [1.82, 2.24) is 4.98 Å². The Kier molecular flexibility index (Phi) is 4.01. The average molecular weight is 291 g/mol. The van der Waals surface area contributed by atoms with Crippen molar-refractivity contribution in [2.75, 3.05) is 10.6 Å². The number of carbonyl (C=O) groups is 1. The van der Waals surface area contributed by atoms with E-state index >= 15 is 0 Å². The number of amides is 1. The van der Waals surface area contributed by atoms with Crippen molar-refractivity contribution >= 4 is 28.2 Å². The molecule has 110 valence electrons. The van der Waals surface area contributed by atoms with Crippen LogP contribution >= 0.6 is 0 Å². The van der Waals surface area contributed by atoms with E-state index in [1.165, 1.54) is 6.92 Å². The lowest BCUT2D eigenvalue weighted by molar-refractivity contribution is -0.114. The molecule has 4 heteroatoms. The molecule has 0 aliphatic carbocycles. The fourth-order valence-corrected chi connectivity index (χ4v) is 2.42. The Morgan fingerprint density at radius 3 is 2.68 bits per heavy atom. The number of para-hydroxylation sites is 1. The van der Waals surface area contributed by atoms with E-state index in [-0.39, 0.29) is 5.91 Å². The summed E-state index contributed by atoms with van der Waals surface area (Å²) in [4.78, 5) is 15.6. The molecule has 0 bridgehead atoms. The van der Waals surface area contributed by atoms with Crippen LogP contribution < -0.4 is 10.6 Å². The highest BCUT2D eigenvalue weighted by Crippen LogP contribution is 2.19. The van der Waals surface area contributed by atoms with Crippen LogP contribution in [0.4, 0.5) is 11.4 Å². The molecule has 0 aliphatic rings. The average Bonchev–Trinajstić information content (AvgIpc) is 2.52. The predicted molar refractivity (Wildman–Crippen MR) is 89.8 cm³/mol. The first-order chi connectivity index (χ1) is 10.7. The molecule has 0 radical (unpaired) electrons. The number of anilines is 2. The highest BCUT2D eigenvalue weighted by atomic mass is 16.1. The van der Waals surface area contributed by atoms with Gasteiger partial charge in [-0.15, -0.1) is 0 Å². The third-order valence-corrected chi connectivity index (χ3v) is 3.38. The number of carbonyl (C=O) groups excluding carboxylic acids is 1. The third-order valence-electron chi connectivity index (χ3n) is 3.38. The van der Waals surface area contributed by atoms with Crippen molar-refractivity contribution in [3.05, 3.63) is 66.4 Å². The molecule has 0 atom stereocenters. The van der Waals surface area contributed by atoms with Crippen molar-refractivity contribution in [1.29, 1.82) is 0 Å². The van der Waals surface area contributed by atoms with Crippen molar-refractivity contribution in [2.45, 2.75) is 13.5 Å². The van der Waals surface area contributed by atoms with E-state index in [1.54, 1.807) is 0 Å². The molecule has 2 aromatic carbocycles. The maximum atomic E-state index is 11.1. The zero-order chi connectivity index (χ0) is 15.4. The van der Waals surface area contributed by atoms with E-state index in [2.05, 4.69) is 33.8 Å². The van der Waals surface area contributed by atoms with E-state index in [0.717, 1.165) is 27.8 Å². The van der Waals surface area contributed by atoms with E-state index in [1.807, 2.05) is 42.6 Å². The second kappa shape index (κ2) is 6.26. The molecule has 4 nitrogen and oxygen atoms in total. The highest BCUT2D eigenvalue weighted by molar-refractivity contribution is 5.89. The van der Waals surface area contributed by atoms with Crippen LogP contribution in [-0.4, -0.2) is 10.9 Å². The van der Waals surface area contributed by atoms with Crippen LogP contribution in [0, 0.1) is 0 Å². The molecule has 0 fully saturated rings. The van der Waals surface area contributed by atoms with Crippen molar-refractivity contribution in [3.63, 3.8) is 0 Å². The van der Waals surface area contributed by atoms with Gasteiger partial charge in [0.05, 0.1) is 5.52 Å². The number of aromatic nitrogens is 1. The standard InChI is InChI=1S/C18H17N3O/c1-13(22)21-17-9-3-8-16(11-17)20-12-15-6-2-5-14-7-4-10-19-18(14)15/h2-11,20H,12H2,1H3,(H,21,22). The largest absolute Gasteiger partial charge is 0.381 e. The van der Waals surface area contributed by atoms with Crippen LogP contribution in [0.2, 0.25) is 0 Å². The van der Waals surface area contributed by atoms with Crippen molar-refractivity contribution in [2.24, 2.45) is 0 Å². The van der Waals surface area contributed by atoms with Gasteiger partial charge in [-0.25, -0.2) is 0 Å². The summed E-state index contributed by atoms with van der Waals surface area (Å²) in [6.45, 7) is 2.18. The van der Waals surface area contributed by atoms with Crippen molar-refractivity contribution in [3.8, 4) is 0 Å². The molecule has 3 rings (SSSR count). The Bertz CT molecular complexity index is 809. The van der Waals surface area contributed by atoms with E-state index < -0.39 is 0 Å². The summed E-state index contributed by atoms with van der Waals surface area (Å²) in [5.41, 5.74) is 3.89. The summed E-state index contributed by atoms with van der Waals surface area (Å²) in [5.74, 6) is -0.0737. The summed E-state index contributed by atoms with van der Waals surface area (Å²) < 4.78 is 0. The summed E-state index contributed by atoms with van der Waals surface area (Å²) in [7, 11) is 0. The molecular formula is C18H17N3O. The van der Waals surface area contributed by atoms with Crippen LogP contribution in [0.5, 0.6) is 0 Å². The monoisotopic (exact) mass is 291 g/mol. The van der Waals surface area contributed by atoms with Crippen LogP contribution in [0.3, 0.4) is 0 Å². The number of hydrogen-bond acceptors (Lipinski definition) is 3. The minimum Gasteiger partial charge on any atom is -0.381 e.